The van der Waals surface area contributed by atoms with Crippen molar-refractivity contribution in [2.75, 3.05) is 57.5 Å². The van der Waals surface area contributed by atoms with Crippen LogP contribution in [-0.2, 0) is 14.8 Å². The summed E-state index contributed by atoms with van der Waals surface area (Å²) in [6.07, 6.45) is 2.40. The summed E-state index contributed by atoms with van der Waals surface area (Å²) in [5.41, 5.74) is 1.77. The fourth-order valence-electron chi connectivity index (χ4n) is 4.26. The van der Waals surface area contributed by atoms with Gasteiger partial charge in [0.2, 0.25) is 15.9 Å². The van der Waals surface area contributed by atoms with Crippen molar-refractivity contribution in [1.29, 1.82) is 0 Å². The summed E-state index contributed by atoms with van der Waals surface area (Å²) in [4.78, 5) is 16.9. The minimum atomic E-state index is -3.18. The zero-order valence-corrected chi connectivity index (χ0v) is 19.3. The lowest BCUT2D eigenvalue weighted by Gasteiger charge is -2.38. The molecule has 9 nitrogen and oxygen atoms in total. The van der Waals surface area contributed by atoms with Crippen molar-refractivity contribution in [1.82, 2.24) is 19.4 Å². The quantitative estimate of drug-likeness (QED) is 0.668. The van der Waals surface area contributed by atoms with Crippen LogP contribution in [0.2, 0.25) is 0 Å². The number of methoxy groups -OCH3 is 1. The van der Waals surface area contributed by atoms with Crippen LogP contribution in [0.5, 0.6) is 5.75 Å². The Labute approximate surface area is 189 Å². The third-order valence-electron chi connectivity index (χ3n) is 6.22. The van der Waals surface area contributed by atoms with Crippen molar-refractivity contribution in [2.45, 2.75) is 12.8 Å². The molecular formula is C22H29N5O4S. The molecule has 0 unspecified atom stereocenters. The fourth-order valence-corrected chi connectivity index (χ4v) is 5.13. The van der Waals surface area contributed by atoms with Crippen molar-refractivity contribution in [3.63, 3.8) is 0 Å². The standard InChI is InChI=1S/C22H29N5O4S/c1-31-19-5-3-17(4-6-19)20-7-8-21(24-23-20)25-13-15-26(16-14-25)22(28)18-9-11-27(12-10-18)32(2,29)30/h3-8,18H,9-16H2,1-2H3. The molecule has 0 atom stereocenters. The minimum Gasteiger partial charge on any atom is -0.497 e. The summed E-state index contributed by atoms with van der Waals surface area (Å²) in [5.74, 6) is 1.64. The smallest absolute Gasteiger partial charge is 0.225 e. The maximum Gasteiger partial charge on any atom is 0.225 e. The first kappa shape index (κ1) is 22.5. The van der Waals surface area contributed by atoms with Gasteiger partial charge in [-0.1, -0.05) is 0 Å². The first-order valence-electron chi connectivity index (χ1n) is 10.8. The molecule has 32 heavy (non-hydrogen) atoms. The molecule has 0 radical (unpaired) electrons. The molecule has 0 spiro atoms. The van der Waals surface area contributed by atoms with Gasteiger partial charge >= 0.3 is 0 Å². The predicted octanol–water partition coefficient (Wildman–Crippen LogP) is 1.47. The third-order valence-corrected chi connectivity index (χ3v) is 7.53. The maximum absolute atomic E-state index is 12.9. The van der Waals surface area contributed by atoms with Crippen LogP contribution in [0, 0.1) is 5.92 Å². The summed E-state index contributed by atoms with van der Waals surface area (Å²) < 4.78 is 30.0. The number of aromatic nitrogens is 2. The van der Waals surface area contributed by atoms with Gasteiger partial charge in [0.1, 0.15) is 5.75 Å². The Hall–Kier alpha value is -2.72. The van der Waals surface area contributed by atoms with Crippen LogP contribution in [0.4, 0.5) is 5.82 Å². The van der Waals surface area contributed by atoms with Gasteiger partial charge < -0.3 is 14.5 Å². The Kier molecular flexibility index (Phi) is 6.61. The first-order chi connectivity index (χ1) is 15.3. The number of rotatable bonds is 5. The lowest BCUT2D eigenvalue weighted by Crippen LogP contribution is -2.52. The van der Waals surface area contributed by atoms with E-state index in [1.54, 1.807) is 7.11 Å². The van der Waals surface area contributed by atoms with Crippen molar-refractivity contribution < 1.29 is 17.9 Å². The van der Waals surface area contributed by atoms with Gasteiger partial charge in [0, 0.05) is 50.7 Å². The SMILES string of the molecule is COc1ccc(-c2ccc(N3CCN(C(=O)C4CCN(S(C)(=O)=O)CC4)CC3)nn2)cc1. The van der Waals surface area contributed by atoms with Crippen molar-refractivity contribution in [2.24, 2.45) is 5.92 Å². The molecule has 0 bridgehead atoms. The number of piperidine rings is 1. The highest BCUT2D eigenvalue weighted by Gasteiger charge is 2.32. The second-order valence-corrected chi connectivity index (χ2v) is 10.2. The lowest BCUT2D eigenvalue weighted by atomic mass is 9.96. The van der Waals surface area contributed by atoms with Crippen LogP contribution in [-0.4, -0.2) is 86.4 Å². The van der Waals surface area contributed by atoms with Crippen LogP contribution in [0.3, 0.4) is 0 Å². The Morgan fingerprint density at radius 2 is 1.59 bits per heavy atom. The van der Waals surface area contributed by atoms with E-state index >= 15 is 0 Å². The number of carbonyl (C=O) groups is 1. The summed E-state index contributed by atoms with van der Waals surface area (Å²) in [7, 11) is -1.54. The minimum absolute atomic E-state index is 0.0943. The predicted molar refractivity (Wildman–Crippen MR) is 122 cm³/mol. The Balaban J connectivity index is 1.30. The monoisotopic (exact) mass is 459 g/mol. The third kappa shape index (κ3) is 5.02. The van der Waals surface area contributed by atoms with E-state index in [4.69, 9.17) is 4.74 Å². The van der Waals surface area contributed by atoms with E-state index in [1.807, 2.05) is 41.3 Å². The van der Waals surface area contributed by atoms with E-state index in [-0.39, 0.29) is 11.8 Å². The number of piperazine rings is 1. The molecular weight excluding hydrogens is 430 g/mol. The number of carbonyl (C=O) groups excluding carboxylic acids is 1. The molecule has 2 fully saturated rings. The lowest BCUT2D eigenvalue weighted by molar-refractivity contribution is -0.137. The topological polar surface area (TPSA) is 95.9 Å². The summed E-state index contributed by atoms with van der Waals surface area (Å²) >= 11 is 0. The zero-order valence-electron chi connectivity index (χ0n) is 18.5. The molecule has 2 aliphatic heterocycles. The van der Waals surface area contributed by atoms with Crippen LogP contribution in [0.25, 0.3) is 11.3 Å². The molecule has 4 rings (SSSR count). The molecule has 1 amide bonds. The molecule has 1 aromatic carbocycles. The Bertz CT molecular complexity index is 1030. The number of ether oxygens (including phenoxy) is 1. The van der Waals surface area contributed by atoms with Crippen LogP contribution in [0.1, 0.15) is 12.8 Å². The average molecular weight is 460 g/mol. The second kappa shape index (κ2) is 9.41. The van der Waals surface area contributed by atoms with Gasteiger partial charge in [-0.2, -0.15) is 0 Å². The van der Waals surface area contributed by atoms with Gasteiger partial charge in [-0.15, -0.1) is 10.2 Å². The van der Waals surface area contributed by atoms with Crippen molar-refractivity contribution in [3.8, 4) is 17.0 Å². The van der Waals surface area contributed by atoms with Crippen molar-refractivity contribution in [3.05, 3.63) is 36.4 Å². The number of amides is 1. The highest BCUT2D eigenvalue weighted by molar-refractivity contribution is 7.88. The molecule has 172 valence electrons. The van der Waals surface area contributed by atoms with Crippen molar-refractivity contribution >= 4 is 21.7 Å². The van der Waals surface area contributed by atoms with E-state index in [0.717, 1.165) is 22.8 Å². The van der Waals surface area contributed by atoms with Gasteiger partial charge in [-0.25, -0.2) is 12.7 Å². The fraction of sp³-hybridized carbons (Fsp3) is 0.500. The Morgan fingerprint density at radius 1 is 0.938 bits per heavy atom. The molecule has 3 heterocycles. The average Bonchev–Trinajstić information content (AvgIpc) is 2.83. The maximum atomic E-state index is 12.9. The van der Waals surface area contributed by atoms with E-state index in [2.05, 4.69) is 15.1 Å². The number of nitrogens with zero attached hydrogens (tertiary/aromatic N) is 5. The van der Waals surface area contributed by atoms with E-state index in [9.17, 15) is 13.2 Å². The number of sulfonamides is 1. The first-order valence-corrected chi connectivity index (χ1v) is 12.7. The number of hydrogen-bond donors (Lipinski definition) is 0. The summed E-state index contributed by atoms with van der Waals surface area (Å²) in [5, 5.41) is 8.76. The van der Waals surface area contributed by atoms with Gasteiger partial charge in [0.05, 0.1) is 19.1 Å². The van der Waals surface area contributed by atoms with E-state index < -0.39 is 10.0 Å². The van der Waals surface area contributed by atoms with Crippen LogP contribution in [0.15, 0.2) is 36.4 Å². The highest BCUT2D eigenvalue weighted by Crippen LogP contribution is 2.24. The second-order valence-electron chi connectivity index (χ2n) is 8.25. The van der Waals surface area contributed by atoms with E-state index in [0.29, 0.717) is 52.1 Å². The molecule has 0 aliphatic carbocycles. The summed E-state index contributed by atoms with van der Waals surface area (Å²) in [6, 6.07) is 11.6. The normalized spacial score (nSPS) is 18.6. The molecule has 2 saturated heterocycles. The van der Waals surface area contributed by atoms with Gasteiger partial charge in [0.15, 0.2) is 5.82 Å². The number of benzene rings is 1. The summed E-state index contributed by atoms with van der Waals surface area (Å²) in [6.45, 7) is 3.51. The van der Waals surface area contributed by atoms with Crippen LogP contribution < -0.4 is 9.64 Å². The largest absolute Gasteiger partial charge is 0.497 e. The molecule has 0 N–H and O–H groups in total. The number of hydrogen-bond acceptors (Lipinski definition) is 7. The number of anilines is 1. The van der Waals surface area contributed by atoms with Gasteiger partial charge in [-0.3, -0.25) is 4.79 Å². The molecule has 2 aromatic rings. The van der Waals surface area contributed by atoms with Crippen LogP contribution >= 0.6 is 0 Å². The Morgan fingerprint density at radius 3 is 2.12 bits per heavy atom. The molecule has 10 heteroatoms. The zero-order chi connectivity index (χ0) is 22.7. The highest BCUT2D eigenvalue weighted by atomic mass is 32.2. The van der Waals surface area contributed by atoms with E-state index in [1.165, 1.54) is 10.6 Å². The molecule has 1 aromatic heterocycles. The van der Waals surface area contributed by atoms with Gasteiger partial charge in [0.25, 0.3) is 0 Å². The van der Waals surface area contributed by atoms with Gasteiger partial charge in [-0.05, 0) is 49.2 Å². The molecule has 2 aliphatic rings. The molecule has 0 saturated carbocycles.